The first-order valence-electron chi connectivity index (χ1n) is 10.5. The summed E-state index contributed by atoms with van der Waals surface area (Å²) >= 11 is 6.38. The molecular weight excluding hydrogens is 424 g/mol. The van der Waals surface area contributed by atoms with E-state index in [0.717, 1.165) is 12.8 Å². The van der Waals surface area contributed by atoms with E-state index in [4.69, 9.17) is 11.6 Å². The summed E-state index contributed by atoms with van der Waals surface area (Å²) in [5.41, 5.74) is 4.17. The Morgan fingerprint density at radius 1 is 0.969 bits per heavy atom. The summed E-state index contributed by atoms with van der Waals surface area (Å²) < 4.78 is 0. The molecule has 1 atom stereocenters. The predicted octanol–water partition coefficient (Wildman–Crippen LogP) is 4.67. The standard InChI is InChI=1S/C26H21ClN2O3/c1-29(23-11-10-15-6-2-3-7-16(15)23)14-24(30)28-22-13-20-19(12-21(22)27)25(31)17-8-4-5-9-18(17)26(20)32/h2-9,12-13,23H,10-11,14H2,1H3,(H,28,30)/t23-/m0/s1. The van der Waals surface area contributed by atoms with Crippen LogP contribution >= 0.6 is 11.6 Å². The topological polar surface area (TPSA) is 66.5 Å². The minimum atomic E-state index is -0.248. The molecule has 3 aromatic carbocycles. The number of anilines is 1. The van der Waals surface area contributed by atoms with E-state index in [-0.39, 0.29) is 46.2 Å². The van der Waals surface area contributed by atoms with Gasteiger partial charge in [-0.1, -0.05) is 60.1 Å². The molecule has 0 saturated carbocycles. The first-order valence-corrected chi connectivity index (χ1v) is 10.9. The van der Waals surface area contributed by atoms with Gasteiger partial charge in [-0.3, -0.25) is 19.3 Å². The van der Waals surface area contributed by atoms with Gasteiger partial charge in [-0.05, 0) is 43.1 Å². The second kappa shape index (κ2) is 8.01. The number of ketones is 2. The molecule has 0 aromatic heterocycles. The van der Waals surface area contributed by atoms with Crippen LogP contribution in [0.2, 0.25) is 5.02 Å². The minimum Gasteiger partial charge on any atom is -0.324 e. The monoisotopic (exact) mass is 444 g/mol. The van der Waals surface area contributed by atoms with Gasteiger partial charge in [-0.15, -0.1) is 0 Å². The molecule has 0 fully saturated rings. The molecule has 32 heavy (non-hydrogen) atoms. The van der Waals surface area contributed by atoms with E-state index in [1.54, 1.807) is 24.3 Å². The van der Waals surface area contributed by atoms with Crippen LogP contribution in [0.1, 0.15) is 55.4 Å². The number of benzene rings is 3. The van der Waals surface area contributed by atoms with Gasteiger partial charge in [-0.25, -0.2) is 0 Å². The summed E-state index contributed by atoms with van der Waals surface area (Å²) in [4.78, 5) is 40.6. The number of carbonyl (C=O) groups excluding carboxylic acids is 3. The van der Waals surface area contributed by atoms with E-state index in [1.165, 1.54) is 23.3 Å². The van der Waals surface area contributed by atoms with Crippen LogP contribution < -0.4 is 5.32 Å². The molecule has 6 heteroatoms. The summed E-state index contributed by atoms with van der Waals surface area (Å²) in [5, 5.41) is 3.05. The SMILES string of the molecule is CN(CC(=O)Nc1cc2c(cc1Cl)C(=O)c1ccccc1C2=O)[C@H]1CCc2ccccc21. The molecule has 3 aromatic rings. The lowest BCUT2D eigenvalue weighted by Gasteiger charge is -2.25. The van der Waals surface area contributed by atoms with Crippen molar-refractivity contribution in [3.63, 3.8) is 0 Å². The summed E-state index contributed by atoms with van der Waals surface area (Å²) in [7, 11) is 1.93. The quantitative estimate of drug-likeness (QED) is 0.496. The Hall–Kier alpha value is -3.28. The Morgan fingerprint density at radius 3 is 2.31 bits per heavy atom. The zero-order chi connectivity index (χ0) is 22.4. The number of rotatable bonds is 4. The zero-order valence-electron chi connectivity index (χ0n) is 17.5. The van der Waals surface area contributed by atoms with E-state index in [0.29, 0.717) is 16.8 Å². The number of hydrogen-bond acceptors (Lipinski definition) is 4. The Bertz CT molecular complexity index is 1280. The lowest BCUT2D eigenvalue weighted by molar-refractivity contribution is -0.117. The predicted molar refractivity (Wildman–Crippen MR) is 124 cm³/mol. The molecule has 0 radical (unpaired) electrons. The number of amides is 1. The van der Waals surface area contributed by atoms with Gasteiger partial charge >= 0.3 is 0 Å². The molecule has 0 heterocycles. The van der Waals surface area contributed by atoms with Gasteiger partial charge in [0.1, 0.15) is 0 Å². The molecule has 5 nitrogen and oxygen atoms in total. The minimum absolute atomic E-state index is 0.183. The first-order chi connectivity index (χ1) is 15.4. The van der Waals surface area contributed by atoms with Crippen molar-refractivity contribution < 1.29 is 14.4 Å². The van der Waals surface area contributed by atoms with Crippen molar-refractivity contribution in [2.75, 3.05) is 18.9 Å². The van der Waals surface area contributed by atoms with Crippen molar-refractivity contribution in [1.82, 2.24) is 4.90 Å². The van der Waals surface area contributed by atoms with Gasteiger partial charge in [-0.2, -0.15) is 0 Å². The molecule has 0 bridgehead atoms. The maximum atomic E-state index is 13.0. The highest BCUT2D eigenvalue weighted by molar-refractivity contribution is 6.36. The number of hydrogen-bond donors (Lipinski definition) is 1. The molecule has 0 aliphatic heterocycles. The molecule has 1 amide bonds. The molecule has 0 saturated heterocycles. The van der Waals surface area contributed by atoms with Gasteiger partial charge in [0.05, 0.1) is 17.3 Å². The Kier molecular flexibility index (Phi) is 5.16. The number of aryl methyl sites for hydroxylation is 1. The van der Waals surface area contributed by atoms with Crippen LogP contribution in [0.5, 0.6) is 0 Å². The van der Waals surface area contributed by atoms with Gasteiger partial charge < -0.3 is 5.32 Å². The summed E-state index contributed by atoms with van der Waals surface area (Å²) in [5.74, 6) is -0.717. The second-order valence-electron chi connectivity index (χ2n) is 8.30. The molecule has 160 valence electrons. The highest BCUT2D eigenvalue weighted by Gasteiger charge is 2.31. The maximum Gasteiger partial charge on any atom is 0.238 e. The van der Waals surface area contributed by atoms with Gasteiger partial charge in [0.15, 0.2) is 11.6 Å². The first kappa shape index (κ1) is 20.6. The third kappa shape index (κ3) is 3.44. The Labute approximate surface area is 191 Å². The molecule has 0 spiro atoms. The lowest BCUT2D eigenvalue weighted by Crippen LogP contribution is -2.32. The second-order valence-corrected chi connectivity index (χ2v) is 8.71. The fourth-order valence-electron chi connectivity index (χ4n) is 4.73. The molecule has 5 rings (SSSR count). The Morgan fingerprint density at radius 2 is 1.59 bits per heavy atom. The normalized spacial score (nSPS) is 16.5. The van der Waals surface area contributed by atoms with Gasteiger partial charge in [0, 0.05) is 28.3 Å². The van der Waals surface area contributed by atoms with Crippen LogP contribution in [0.15, 0.2) is 60.7 Å². The van der Waals surface area contributed by atoms with E-state index < -0.39 is 0 Å². The summed E-state index contributed by atoms with van der Waals surface area (Å²) in [6.07, 6.45) is 1.97. The van der Waals surface area contributed by atoms with Crippen LogP contribution in [-0.2, 0) is 11.2 Å². The van der Waals surface area contributed by atoms with Crippen LogP contribution in [0, 0.1) is 0 Å². The summed E-state index contributed by atoms with van der Waals surface area (Å²) in [6.45, 7) is 0.183. The van der Waals surface area contributed by atoms with Crippen molar-refractivity contribution in [1.29, 1.82) is 0 Å². The summed E-state index contributed by atoms with van der Waals surface area (Å²) in [6, 6.07) is 18.2. The molecule has 2 aliphatic carbocycles. The van der Waals surface area contributed by atoms with Crippen molar-refractivity contribution in [2.45, 2.75) is 18.9 Å². The van der Waals surface area contributed by atoms with Crippen molar-refractivity contribution in [3.8, 4) is 0 Å². The van der Waals surface area contributed by atoms with Crippen LogP contribution in [0.25, 0.3) is 0 Å². The smallest absolute Gasteiger partial charge is 0.238 e. The zero-order valence-corrected chi connectivity index (χ0v) is 18.3. The van der Waals surface area contributed by atoms with Crippen molar-refractivity contribution in [3.05, 3.63) is 99.1 Å². The average Bonchev–Trinajstić information content (AvgIpc) is 3.23. The number of likely N-dealkylation sites (N-methyl/N-ethyl adjacent to an activating group) is 1. The maximum absolute atomic E-state index is 13.0. The molecule has 0 unspecified atom stereocenters. The van der Waals surface area contributed by atoms with E-state index in [9.17, 15) is 14.4 Å². The van der Waals surface area contributed by atoms with E-state index in [2.05, 4.69) is 17.4 Å². The highest BCUT2D eigenvalue weighted by atomic mass is 35.5. The average molecular weight is 445 g/mol. The largest absolute Gasteiger partial charge is 0.324 e. The number of halogens is 1. The number of carbonyl (C=O) groups is 3. The molecular formula is C26H21ClN2O3. The Balaban J connectivity index is 1.36. The van der Waals surface area contributed by atoms with Crippen molar-refractivity contribution >= 4 is 34.8 Å². The fourth-order valence-corrected chi connectivity index (χ4v) is 4.94. The molecule has 2 aliphatic rings. The van der Waals surface area contributed by atoms with Crippen LogP contribution in [0.3, 0.4) is 0 Å². The van der Waals surface area contributed by atoms with Crippen LogP contribution in [-0.4, -0.2) is 36.0 Å². The number of nitrogens with one attached hydrogen (secondary N) is 1. The third-order valence-corrected chi connectivity index (χ3v) is 6.63. The van der Waals surface area contributed by atoms with Crippen LogP contribution in [0.4, 0.5) is 5.69 Å². The lowest BCUT2D eigenvalue weighted by atomic mass is 9.84. The van der Waals surface area contributed by atoms with Gasteiger partial charge in [0.25, 0.3) is 0 Å². The molecule has 1 N–H and O–H groups in total. The number of nitrogens with zero attached hydrogens (tertiary/aromatic N) is 1. The third-order valence-electron chi connectivity index (χ3n) is 6.31. The van der Waals surface area contributed by atoms with E-state index >= 15 is 0 Å². The fraction of sp³-hybridized carbons (Fsp3) is 0.192. The van der Waals surface area contributed by atoms with E-state index in [1.807, 2.05) is 24.1 Å². The van der Waals surface area contributed by atoms with Crippen molar-refractivity contribution in [2.24, 2.45) is 0 Å². The highest BCUT2D eigenvalue weighted by Crippen LogP contribution is 2.35. The number of fused-ring (bicyclic) bond motifs is 3. The van der Waals surface area contributed by atoms with Gasteiger partial charge in [0.2, 0.25) is 5.91 Å².